The lowest BCUT2D eigenvalue weighted by atomic mass is 10.3. The van der Waals surface area contributed by atoms with Gasteiger partial charge in [0.15, 0.2) is 0 Å². The van der Waals surface area contributed by atoms with Crippen LogP contribution in [0, 0.1) is 0 Å². The van der Waals surface area contributed by atoms with Crippen LogP contribution in [0.2, 0.25) is 15.1 Å². The predicted octanol–water partition coefficient (Wildman–Crippen LogP) is 6.11. The zero-order valence-corrected chi connectivity index (χ0v) is 14.3. The SMILES string of the molecule is Nc1ccc(Cl)c(SCCSc2cc(Cl)ccc2Cl)c1. The van der Waals surface area contributed by atoms with E-state index in [2.05, 4.69) is 0 Å². The number of hydrogen-bond acceptors (Lipinski definition) is 3. The van der Waals surface area contributed by atoms with Crippen molar-refractivity contribution in [3.8, 4) is 0 Å². The van der Waals surface area contributed by atoms with Gasteiger partial charge in [0.1, 0.15) is 0 Å². The number of hydrogen-bond donors (Lipinski definition) is 1. The van der Waals surface area contributed by atoms with Crippen LogP contribution in [0.1, 0.15) is 0 Å². The molecule has 2 N–H and O–H groups in total. The topological polar surface area (TPSA) is 26.0 Å². The van der Waals surface area contributed by atoms with Gasteiger partial charge in [-0.15, -0.1) is 23.5 Å². The fourth-order valence-corrected chi connectivity index (χ4v) is 4.27. The number of halogens is 3. The molecule has 0 fully saturated rings. The van der Waals surface area contributed by atoms with Crippen LogP contribution >= 0.6 is 58.3 Å². The molecule has 6 heteroatoms. The summed E-state index contributed by atoms with van der Waals surface area (Å²) in [6.45, 7) is 0. The molecule has 2 aromatic rings. The third-order valence-corrected chi connectivity index (χ3v) is 5.94. The second kappa shape index (κ2) is 7.71. The first-order chi connectivity index (χ1) is 9.56. The van der Waals surface area contributed by atoms with Gasteiger partial charge in [0, 0.05) is 32.0 Å². The maximum absolute atomic E-state index is 6.12. The molecule has 2 rings (SSSR count). The standard InChI is InChI=1S/C14H12Cl3NS2/c15-9-1-3-11(16)13(7-9)19-5-6-20-14-8-10(18)2-4-12(14)17/h1-4,7-8H,5-6,18H2. The van der Waals surface area contributed by atoms with Crippen LogP contribution in [0.5, 0.6) is 0 Å². The Morgan fingerprint density at radius 3 is 2.00 bits per heavy atom. The van der Waals surface area contributed by atoms with Crippen LogP contribution < -0.4 is 5.73 Å². The van der Waals surface area contributed by atoms with Gasteiger partial charge in [-0.1, -0.05) is 34.8 Å². The summed E-state index contributed by atoms with van der Waals surface area (Å²) < 4.78 is 0. The fourth-order valence-electron chi connectivity index (χ4n) is 1.52. The first-order valence-electron chi connectivity index (χ1n) is 5.82. The summed E-state index contributed by atoms with van der Waals surface area (Å²) in [5.74, 6) is 1.83. The van der Waals surface area contributed by atoms with Crippen molar-refractivity contribution in [2.24, 2.45) is 0 Å². The highest BCUT2D eigenvalue weighted by molar-refractivity contribution is 8.03. The van der Waals surface area contributed by atoms with E-state index in [0.717, 1.165) is 37.0 Å². The van der Waals surface area contributed by atoms with Gasteiger partial charge in [-0.05, 0) is 36.4 Å². The van der Waals surface area contributed by atoms with Crippen LogP contribution in [0.25, 0.3) is 0 Å². The second-order valence-corrected chi connectivity index (χ2v) is 7.49. The number of thioether (sulfide) groups is 2. The number of anilines is 1. The highest BCUT2D eigenvalue weighted by atomic mass is 35.5. The predicted molar refractivity (Wildman–Crippen MR) is 93.8 cm³/mol. The van der Waals surface area contributed by atoms with Crippen molar-refractivity contribution in [1.82, 2.24) is 0 Å². The van der Waals surface area contributed by atoms with E-state index < -0.39 is 0 Å². The molecule has 0 saturated carbocycles. The average Bonchev–Trinajstić information content (AvgIpc) is 2.42. The van der Waals surface area contributed by atoms with Crippen molar-refractivity contribution in [3.63, 3.8) is 0 Å². The van der Waals surface area contributed by atoms with Crippen LogP contribution in [0.3, 0.4) is 0 Å². The smallest absolute Gasteiger partial charge is 0.0543 e. The van der Waals surface area contributed by atoms with Gasteiger partial charge in [-0.2, -0.15) is 0 Å². The Balaban J connectivity index is 1.87. The summed E-state index contributed by atoms with van der Waals surface area (Å²) in [4.78, 5) is 2.00. The van der Waals surface area contributed by atoms with E-state index >= 15 is 0 Å². The molecule has 1 nitrogen and oxygen atoms in total. The number of nitrogen functional groups attached to an aromatic ring is 1. The van der Waals surface area contributed by atoms with Crippen molar-refractivity contribution in [3.05, 3.63) is 51.5 Å². The molecule has 0 spiro atoms. The molecule has 0 amide bonds. The maximum atomic E-state index is 6.12. The van der Waals surface area contributed by atoms with Gasteiger partial charge in [-0.25, -0.2) is 0 Å². The minimum Gasteiger partial charge on any atom is -0.399 e. The monoisotopic (exact) mass is 363 g/mol. The van der Waals surface area contributed by atoms with Gasteiger partial charge in [0.05, 0.1) is 10.0 Å². The lowest BCUT2D eigenvalue weighted by molar-refractivity contribution is 1.41. The molecule has 2 aromatic carbocycles. The van der Waals surface area contributed by atoms with Crippen molar-refractivity contribution in [1.29, 1.82) is 0 Å². The highest BCUT2D eigenvalue weighted by Gasteiger charge is 2.04. The lowest BCUT2D eigenvalue weighted by Gasteiger charge is -2.06. The fraction of sp³-hybridized carbons (Fsp3) is 0.143. The summed E-state index contributed by atoms with van der Waals surface area (Å²) in [5, 5.41) is 2.16. The van der Waals surface area contributed by atoms with Crippen LogP contribution in [-0.2, 0) is 0 Å². The molecule has 0 aromatic heterocycles. The van der Waals surface area contributed by atoms with Gasteiger partial charge >= 0.3 is 0 Å². The molecule has 0 bridgehead atoms. The van der Waals surface area contributed by atoms with E-state index in [1.165, 1.54) is 0 Å². The molecular weight excluding hydrogens is 353 g/mol. The van der Waals surface area contributed by atoms with Crippen molar-refractivity contribution < 1.29 is 0 Å². The Kier molecular flexibility index (Phi) is 6.24. The van der Waals surface area contributed by atoms with E-state index in [-0.39, 0.29) is 0 Å². The van der Waals surface area contributed by atoms with Gasteiger partial charge < -0.3 is 5.73 Å². The minimum atomic E-state index is 0.698. The van der Waals surface area contributed by atoms with Gasteiger partial charge in [-0.3, -0.25) is 0 Å². The summed E-state index contributed by atoms with van der Waals surface area (Å²) >= 11 is 21.5. The summed E-state index contributed by atoms with van der Waals surface area (Å²) in [6.07, 6.45) is 0. The first-order valence-corrected chi connectivity index (χ1v) is 8.92. The Hall–Kier alpha value is -0.190. The van der Waals surface area contributed by atoms with E-state index in [0.29, 0.717) is 5.02 Å². The molecule has 20 heavy (non-hydrogen) atoms. The Morgan fingerprint density at radius 2 is 1.35 bits per heavy atom. The zero-order chi connectivity index (χ0) is 14.5. The van der Waals surface area contributed by atoms with Crippen molar-refractivity contribution in [2.45, 2.75) is 9.79 Å². The molecule has 0 aliphatic heterocycles. The summed E-state index contributed by atoms with van der Waals surface area (Å²) in [5.41, 5.74) is 6.47. The molecule has 0 radical (unpaired) electrons. The normalized spacial score (nSPS) is 10.8. The van der Waals surface area contributed by atoms with Gasteiger partial charge in [0.25, 0.3) is 0 Å². The summed E-state index contributed by atoms with van der Waals surface area (Å²) in [6, 6.07) is 11.0. The van der Waals surface area contributed by atoms with E-state index in [9.17, 15) is 0 Å². The minimum absolute atomic E-state index is 0.698. The number of rotatable bonds is 5. The van der Waals surface area contributed by atoms with Crippen LogP contribution in [0.4, 0.5) is 5.69 Å². The van der Waals surface area contributed by atoms with Crippen LogP contribution in [0.15, 0.2) is 46.2 Å². The molecule has 0 saturated heterocycles. The quantitative estimate of drug-likeness (QED) is 0.393. The van der Waals surface area contributed by atoms with Crippen molar-refractivity contribution >= 4 is 64.0 Å². The highest BCUT2D eigenvalue weighted by Crippen LogP contribution is 2.33. The average molecular weight is 365 g/mol. The third kappa shape index (κ3) is 4.68. The molecule has 0 aliphatic rings. The Morgan fingerprint density at radius 1 is 0.800 bits per heavy atom. The largest absolute Gasteiger partial charge is 0.399 e. The summed E-state index contributed by atoms with van der Waals surface area (Å²) in [7, 11) is 0. The Bertz CT molecular complexity index is 551. The van der Waals surface area contributed by atoms with Gasteiger partial charge in [0.2, 0.25) is 0 Å². The lowest BCUT2D eigenvalue weighted by Crippen LogP contribution is -1.88. The van der Waals surface area contributed by atoms with Crippen molar-refractivity contribution in [2.75, 3.05) is 17.2 Å². The third-order valence-electron chi connectivity index (χ3n) is 2.45. The molecular formula is C14H12Cl3NS2. The maximum Gasteiger partial charge on any atom is 0.0543 e. The molecule has 0 aliphatic carbocycles. The molecule has 0 heterocycles. The van der Waals surface area contributed by atoms with Crippen LogP contribution in [-0.4, -0.2) is 11.5 Å². The molecule has 0 unspecified atom stereocenters. The van der Waals surface area contributed by atoms with E-state index in [4.69, 9.17) is 40.5 Å². The van der Waals surface area contributed by atoms with E-state index in [1.807, 2.05) is 24.3 Å². The molecule has 106 valence electrons. The molecule has 0 atom stereocenters. The second-order valence-electron chi connectivity index (χ2n) is 3.96. The zero-order valence-electron chi connectivity index (χ0n) is 10.4. The number of nitrogens with two attached hydrogens (primary N) is 1. The number of benzene rings is 2. The Labute approximate surface area is 142 Å². The van der Waals surface area contributed by atoms with E-state index in [1.54, 1.807) is 35.7 Å². The first kappa shape index (κ1) is 16.2.